The van der Waals surface area contributed by atoms with E-state index in [1.165, 1.54) is 0 Å². The molecule has 3 rings (SSSR count). The molecule has 4 nitrogen and oxygen atoms in total. The van der Waals surface area contributed by atoms with Gasteiger partial charge in [-0.15, -0.1) is 0 Å². The molecule has 1 saturated heterocycles. The first-order valence-electron chi connectivity index (χ1n) is 7.59. The molecular formula is C17H20NO3P. The van der Waals surface area contributed by atoms with Crippen LogP contribution in [0.25, 0.3) is 0 Å². The van der Waals surface area contributed by atoms with Crippen molar-refractivity contribution in [1.82, 2.24) is 5.09 Å². The molecule has 116 valence electrons. The van der Waals surface area contributed by atoms with Gasteiger partial charge in [0.15, 0.2) is 0 Å². The van der Waals surface area contributed by atoms with E-state index in [0.29, 0.717) is 17.7 Å². The van der Waals surface area contributed by atoms with Crippen molar-refractivity contribution in [2.24, 2.45) is 0 Å². The largest absolute Gasteiger partial charge is 0.457 e. The highest BCUT2D eigenvalue weighted by Crippen LogP contribution is 2.42. The van der Waals surface area contributed by atoms with E-state index in [-0.39, 0.29) is 0 Å². The number of hydrogen-bond donors (Lipinski definition) is 1. The molecule has 2 aromatic carbocycles. The molecule has 0 saturated carbocycles. The summed E-state index contributed by atoms with van der Waals surface area (Å²) >= 11 is 0. The van der Waals surface area contributed by atoms with Gasteiger partial charge in [0.25, 0.3) is 7.52 Å². The Morgan fingerprint density at radius 2 is 1.64 bits per heavy atom. The van der Waals surface area contributed by atoms with Gasteiger partial charge in [-0.2, -0.15) is 0 Å². The molecule has 1 fully saturated rings. The van der Waals surface area contributed by atoms with E-state index in [1.54, 1.807) is 0 Å². The maximum Gasteiger partial charge on any atom is 0.299 e. The molecule has 0 spiro atoms. The van der Waals surface area contributed by atoms with E-state index < -0.39 is 7.52 Å². The Morgan fingerprint density at radius 1 is 0.909 bits per heavy atom. The SMILES string of the molecule is O=P1(c2ccc(Oc3ccccc3)cc2)NCCCCCO1. The van der Waals surface area contributed by atoms with Gasteiger partial charge in [-0.1, -0.05) is 18.2 Å². The van der Waals surface area contributed by atoms with Crippen molar-refractivity contribution in [3.05, 3.63) is 54.6 Å². The van der Waals surface area contributed by atoms with Crippen LogP contribution in [0.5, 0.6) is 11.5 Å². The lowest BCUT2D eigenvalue weighted by Crippen LogP contribution is -2.24. The molecule has 2 aromatic rings. The summed E-state index contributed by atoms with van der Waals surface area (Å²) in [6.45, 7) is 1.26. The van der Waals surface area contributed by atoms with Crippen LogP contribution in [0.1, 0.15) is 19.3 Å². The zero-order valence-corrected chi connectivity index (χ0v) is 13.3. The number of ether oxygens (including phenoxy) is 1. The van der Waals surface area contributed by atoms with Crippen LogP contribution in [-0.4, -0.2) is 13.2 Å². The molecule has 0 aliphatic carbocycles. The second-order valence-electron chi connectivity index (χ2n) is 5.26. The summed E-state index contributed by atoms with van der Waals surface area (Å²) in [4.78, 5) is 0. The van der Waals surface area contributed by atoms with Gasteiger partial charge in [0, 0.05) is 6.54 Å². The minimum Gasteiger partial charge on any atom is -0.457 e. The van der Waals surface area contributed by atoms with Crippen molar-refractivity contribution < 1.29 is 13.8 Å². The van der Waals surface area contributed by atoms with Crippen LogP contribution in [-0.2, 0) is 9.09 Å². The summed E-state index contributed by atoms with van der Waals surface area (Å²) in [6.07, 6.45) is 3.10. The Kier molecular flexibility index (Phi) is 4.94. The summed E-state index contributed by atoms with van der Waals surface area (Å²) in [7, 11) is -2.94. The van der Waals surface area contributed by atoms with Crippen molar-refractivity contribution in [2.45, 2.75) is 19.3 Å². The minimum absolute atomic E-state index is 0.534. The number of rotatable bonds is 3. The molecule has 1 N–H and O–H groups in total. The number of hydrogen-bond acceptors (Lipinski definition) is 3. The van der Waals surface area contributed by atoms with Crippen LogP contribution >= 0.6 is 7.52 Å². The summed E-state index contributed by atoms with van der Waals surface area (Å²) in [6, 6.07) is 16.9. The van der Waals surface area contributed by atoms with Gasteiger partial charge in [-0.25, -0.2) is 5.09 Å². The highest BCUT2D eigenvalue weighted by Gasteiger charge is 2.26. The topological polar surface area (TPSA) is 47.6 Å². The van der Waals surface area contributed by atoms with E-state index in [9.17, 15) is 4.57 Å². The second-order valence-corrected chi connectivity index (χ2v) is 7.46. The molecule has 5 heteroatoms. The third-order valence-electron chi connectivity index (χ3n) is 3.57. The van der Waals surface area contributed by atoms with Crippen LogP contribution in [0.4, 0.5) is 0 Å². The van der Waals surface area contributed by atoms with Gasteiger partial charge in [-0.05, 0) is 55.7 Å². The quantitative estimate of drug-likeness (QED) is 0.866. The molecule has 1 aliphatic heterocycles. The van der Waals surface area contributed by atoms with Gasteiger partial charge < -0.3 is 9.26 Å². The van der Waals surface area contributed by atoms with Crippen molar-refractivity contribution in [3.8, 4) is 11.5 Å². The van der Waals surface area contributed by atoms with Crippen molar-refractivity contribution >= 4 is 12.8 Å². The van der Waals surface area contributed by atoms with Gasteiger partial charge in [0.05, 0.1) is 11.9 Å². The highest BCUT2D eigenvalue weighted by molar-refractivity contribution is 7.65. The molecule has 1 unspecified atom stereocenters. The Bertz CT molecular complexity index is 631. The normalized spacial score (nSPS) is 22.5. The first-order chi connectivity index (χ1) is 10.8. The van der Waals surface area contributed by atoms with Crippen LogP contribution in [0.3, 0.4) is 0 Å². The van der Waals surface area contributed by atoms with E-state index in [2.05, 4.69) is 5.09 Å². The van der Waals surface area contributed by atoms with E-state index in [4.69, 9.17) is 9.26 Å². The molecule has 1 aliphatic rings. The fraction of sp³-hybridized carbons (Fsp3) is 0.294. The maximum atomic E-state index is 12.9. The lowest BCUT2D eigenvalue weighted by molar-refractivity contribution is 0.293. The van der Waals surface area contributed by atoms with Gasteiger partial charge in [0.1, 0.15) is 11.5 Å². The van der Waals surface area contributed by atoms with Gasteiger partial charge >= 0.3 is 0 Å². The Hall–Kier alpha value is -1.61. The van der Waals surface area contributed by atoms with Gasteiger partial charge in [-0.3, -0.25) is 4.57 Å². The van der Waals surface area contributed by atoms with Crippen LogP contribution < -0.4 is 15.1 Å². The Morgan fingerprint density at radius 3 is 2.41 bits per heavy atom. The van der Waals surface area contributed by atoms with Crippen molar-refractivity contribution in [3.63, 3.8) is 0 Å². The minimum atomic E-state index is -2.94. The zero-order chi connectivity index (χ0) is 15.3. The van der Waals surface area contributed by atoms with E-state index in [0.717, 1.165) is 31.6 Å². The number of nitrogens with one attached hydrogen (secondary N) is 1. The van der Waals surface area contributed by atoms with Crippen LogP contribution in [0, 0.1) is 0 Å². The Labute approximate surface area is 131 Å². The standard InChI is InChI=1S/C17H20NO3P/c19-22(18-13-5-2-6-14-20-22)17-11-9-16(10-12-17)21-15-7-3-1-4-8-15/h1,3-4,7-12H,2,5-6,13-14H2,(H,18,19). The first kappa shape index (κ1) is 15.3. The maximum absolute atomic E-state index is 12.9. The lowest BCUT2D eigenvalue weighted by Gasteiger charge is -2.22. The zero-order valence-electron chi connectivity index (χ0n) is 12.4. The molecule has 0 aromatic heterocycles. The molecular weight excluding hydrogens is 297 g/mol. The summed E-state index contributed by atoms with van der Waals surface area (Å²) < 4.78 is 24.3. The molecule has 0 radical (unpaired) electrons. The van der Waals surface area contributed by atoms with Gasteiger partial charge in [0.2, 0.25) is 0 Å². The number of benzene rings is 2. The average molecular weight is 317 g/mol. The highest BCUT2D eigenvalue weighted by atomic mass is 31.2. The van der Waals surface area contributed by atoms with Crippen LogP contribution in [0.2, 0.25) is 0 Å². The molecule has 1 heterocycles. The van der Waals surface area contributed by atoms with Crippen molar-refractivity contribution in [1.29, 1.82) is 0 Å². The Balaban J connectivity index is 1.74. The predicted molar refractivity (Wildman–Crippen MR) is 88.0 cm³/mol. The molecule has 1 atom stereocenters. The number of para-hydroxylation sites is 1. The molecule has 22 heavy (non-hydrogen) atoms. The van der Waals surface area contributed by atoms with E-state index in [1.807, 2.05) is 54.6 Å². The second kappa shape index (κ2) is 7.10. The smallest absolute Gasteiger partial charge is 0.299 e. The fourth-order valence-corrected chi connectivity index (χ4v) is 4.17. The predicted octanol–water partition coefficient (Wildman–Crippen LogP) is 4.09. The molecule has 0 bridgehead atoms. The monoisotopic (exact) mass is 317 g/mol. The van der Waals surface area contributed by atoms with Crippen molar-refractivity contribution in [2.75, 3.05) is 13.2 Å². The summed E-state index contributed by atoms with van der Waals surface area (Å²) in [5, 5.41) is 3.77. The van der Waals surface area contributed by atoms with E-state index >= 15 is 0 Å². The summed E-state index contributed by atoms with van der Waals surface area (Å²) in [5.74, 6) is 1.50. The molecule has 0 amide bonds. The first-order valence-corrected chi connectivity index (χ1v) is 9.22. The van der Waals surface area contributed by atoms with Crippen LogP contribution in [0.15, 0.2) is 54.6 Å². The summed E-state index contributed by atoms with van der Waals surface area (Å²) in [5.41, 5.74) is 0. The average Bonchev–Trinajstić information content (AvgIpc) is 2.53. The third-order valence-corrected chi connectivity index (χ3v) is 5.73. The lowest BCUT2D eigenvalue weighted by atomic mass is 10.2. The third kappa shape index (κ3) is 3.77. The fourth-order valence-electron chi connectivity index (χ4n) is 2.37.